The van der Waals surface area contributed by atoms with Gasteiger partial charge < -0.3 is 9.84 Å². The molecule has 1 aliphatic heterocycles. The number of carbonyl (C=O) groups is 2. The Morgan fingerprint density at radius 1 is 1.09 bits per heavy atom. The van der Waals surface area contributed by atoms with Crippen molar-refractivity contribution in [1.82, 2.24) is 4.98 Å². The second kappa shape index (κ2) is 8.46. The van der Waals surface area contributed by atoms with Gasteiger partial charge in [0.25, 0.3) is 11.7 Å². The van der Waals surface area contributed by atoms with Gasteiger partial charge >= 0.3 is 0 Å². The quantitative estimate of drug-likeness (QED) is 0.357. The molecule has 2 heterocycles. The number of aliphatic hydroxyl groups is 1. The highest BCUT2D eigenvalue weighted by Gasteiger charge is 2.48. The first-order valence-electron chi connectivity index (χ1n) is 10.1. The first kappa shape index (κ1) is 22.1. The monoisotopic (exact) mass is 450 g/mol. The van der Waals surface area contributed by atoms with Gasteiger partial charge in [0.15, 0.2) is 0 Å². The first-order valence-corrected chi connectivity index (χ1v) is 10.1. The van der Waals surface area contributed by atoms with E-state index >= 15 is 0 Å². The normalized spacial score (nSPS) is 17.5. The van der Waals surface area contributed by atoms with Crippen molar-refractivity contribution in [2.45, 2.75) is 19.9 Å². The SMILES string of the molecule is COc1cc(C)c(/C(O)=C2\C(=O)C(=O)N(c3cc(F)ccc3F)C2c2cccnc2)cc1C. The van der Waals surface area contributed by atoms with Crippen molar-refractivity contribution in [3.8, 4) is 5.75 Å². The summed E-state index contributed by atoms with van der Waals surface area (Å²) in [6.45, 7) is 3.49. The number of hydrogen-bond acceptors (Lipinski definition) is 5. The Hall–Kier alpha value is -4.07. The van der Waals surface area contributed by atoms with Crippen molar-refractivity contribution >= 4 is 23.1 Å². The van der Waals surface area contributed by atoms with Gasteiger partial charge in [-0.05, 0) is 60.9 Å². The zero-order valence-electron chi connectivity index (χ0n) is 18.1. The largest absolute Gasteiger partial charge is 0.507 e. The third-order valence-electron chi connectivity index (χ3n) is 5.61. The predicted octanol–water partition coefficient (Wildman–Crippen LogP) is 4.61. The highest BCUT2D eigenvalue weighted by molar-refractivity contribution is 6.51. The van der Waals surface area contributed by atoms with E-state index in [1.807, 2.05) is 0 Å². The number of hydrogen-bond donors (Lipinski definition) is 1. The number of methoxy groups -OCH3 is 1. The number of amides is 1. The molecule has 1 amide bonds. The highest BCUT2D eigenvalue weighted by atomic mass is 19.1. The molecule has 1 N–H and O–H groups in total. The van der Waals surface area contributed by atoms with Crippen LogP contribution in [0.2, 0.25) is 0 Å². The van der Waals surface area contributed by atoms with Crippen molar-refractivity contribution in [1.29, 1.82) is 0 Å². The molecule has 1 fully saturated rings. The molecule has 33 heavy (non-hydrogen) atoms. The number of anilines is 1. The summed E-state index contributed by atoms with van der Waals surface area (Å²) in [5.41, 5.74) is 1.32. The molecule has 0 radical (unpaired) electrons. The average Bonchev–Trinajstić information content (AvgIpc) is 3.07. The molecule has 6 nitrogen and oxygen atoms in total. The topological polar surface area (TPSA) is 79.7 Å². The van der Waals surface area contributed by atoms with Crippen LogP contribution in [0.1, 0.15) is 28.3 Å². The molecule has 2 aromatic carbocycles. The van der Waals surface area contributed by atoms with Gasteiger partial charge in [0.2, 0.25) is 0 Å². The van der Waals surface area contributed by atoms with Gasteiger partial charge in [-0.25, -0.2) is 8.78 Å². The number of aliphatic hydroxyl groups excluding tert-OH is 1. The molecule has 1 atom stereocenters. The lowest BCUT2D eigenvalue weighted by atomic mass is 9.93. The number of nitrogens with zero attached hydrogens (tertiary/aromatic N) is 2. The van der Waals surface area contributed by atoms with E-state index < -0.39 is 40.8 Å². The van der Waals surface area contributed by atoms with Crippen LogP contribution in [0, 0.1) is 25.5 Å². The minimum atomic E-state index is -1.21. The van der Waals surface area contributed by atoms with E-state index in [0.717, 1.165) is 23.1 Å². The number of halogens is 2. The number of aryl methyl sites for hydroxylation is 2. The molecule has 0 spiro atoms. The maximum atomic E-state index is 14.7. The lowest BCUT2D eigenvalue weighted by Gasteiger charge is -2.25. The molecule has 1 saturated heterocycles. The lowest BCUT2D eigenvalue weighted by Crippen LogP contribution is -2.30. The van der Waals surface area contributed by atoms with Crippen LogP contribution in [0.4, 0.5) is 14.5 Å². The summed E-state index contributed by atoms with van der Waals surface area (Å²) in [6.07, 6.45) is 2.90. The number of carbonyl (C=O) groups excluding carboxylic acids is 2. The summed E-state index contributed by atoms with van der Waals surface area (Å²) in [5, 5.41) is 11.2. The summed E-state index contributed by atoms with van der Waals surface area (Å²) in [7, 11) is 1.52. The van der Waals surface area contributed by atoms with Crippen LogP contribution in [-0.4, -0.2) is 28.9 Å². The number of pyridine rings is 1. The fourth-order valence-corrected chi connectivity index (χ4v) is 4.01. The number of Topliss-reactive ketones (excluding diaryl/α,β-unsaturated/α-hetero) is 1. The van der Waals surface area contributed by atoms with E-state index in [-0.39, 0.29) is 5.57 Å². The van der Waals surface area contributed by atoms with E-state index in [4.69, 9.17) is 4.74 Å². The third-order valence-corrected chi connectivity index (χ3v) is 5.61. The van der Waals surface area contributed by atoms with E-state index in [1.54, 1.807) is 38.1 Å². The molecule has 1 unspecified atom stereocenters. The van der Waals surface area contributed by atoms with Gasteiger partial charge in [-0.15, -0.1) is 0 Å². The van der Waals surface area contributed by atoms with Gasteiger partial charge in [0.05, 0.1) is 24.4 Å². The Morgan fingerprint density at radius 2 is 1.85 bits per heavy atom. The standard InChI is InChI=1S/C25H20F2N2O4/c1-13-10-20(33-3)14(2)9-17(13)23(30)21-22(15-5-4-8-28-12-15)29(25(32)24(21)31)19-11-16(26)6-7-18(19)27/h4-12,22,30H,1-3H3/b23-21+. The molecule has 1 aliphatic rings. The van der Waals surface area contributed by atoms with E-state index in [1.165, 1.54) is 19.5 Å². The average molecular weight is 450 g/mol. The van der Waals surface area contributed by atoms with Crippen molar-refractivity contribution in [2.75, 3.05) is 12.0 Å². The maximum Gasteiger partial charge on any atom is 0.300 e. The minimum absolute atomic E-state index is 0.246. The number of ether oxygens (including phenoxy) is 1. The van der Waals surface area contributed by atoms with E-state index in [2.05, 4.69) is 4.98 Å². The number of ketones is 1. The van der Waals surface area contributed by atoms with Gasteiger partial charge in [-0.1, -0.05) is 6.07 Å². The molecule has 1 aromatic heterocycles. The van der Waals surface area contributed by atoms with Gasteiger partial charge in [0.1, 0.15) is 23.1 Å². The van der Waals surface area contributed by atoms with Crippen LogP contribution in [0.3, 0.4) is 0 Å². The van der Waals surface area contributed by atoms with E-state index in [0.29, 0.717) is 28.0 Å². The fraction of sp³-hybridized carbons (Fsp3) is 0.160. The number of benzene rings is 2. The van der Waals surface area contributed by atoms with Crippen molar-refractivity contribution < 1.29 is 28.2 Å². The van der Waals surface area contributed by atoms with Crippen molar-refractivity contribution in [3.05, 3.63) is 94.3 Å². The number of aromatic nitrogens is 1. The van der Waals surface area contributed by atoms with Crippen molar-refractivity contribution in [2.24, 2.45) is 0 Å². The summed E-state index contributed by atoms with van der Waals surface area (Å²) in [5.74, 6) is -3.60. The lowest BCUT2D eigenvalue weighted by molar-refractivity contribution is -0.132. The minimum Gasteiger partial charge on any atom is -0.507 e. The smallest absolute Gasteiger partial charge is 0.300 e. The van der Waals surface area contributed by atoms with Gasteiger partial charge in [-0.2, -0.15) is 0 Å². The van der Waals surface area contributed by atoms with Crippen molar-refractivity contribution in [3.63, 3.8) is 0 Å². The van der Waals surface area contributed by atoms with Crippen LogP contribution >= 0.6 is 0 Å². The zero-order chi connectivity index (χ0) is 23.9. The second-order valence-corrected chi connectivity index (χ2v) is 7.69. The maximum absolute atomic E-state index is 14.7. The third kappa shape index (κ3) is 3.73. The summed E-state index contributed by atoms with van der Waals surface area (Å²) >= 11 is 0. The first-order chi connectivity index (χ1) is 15.7. The Labute approximate surface area is 188 Å². The van der Waals surface area contributed by atoms with Crippen LogP contribution in [0.15, 0.2) is 60.4 Å². The van der Waals surface area contributed by atoms with Gasteiger partial charge in [0, 0.05) is 24.0 Å². The molecular weight excluding hydrogens is 430 g/mol. The Bertz CT molecular complexity index is 1310. The molecule has 0 aliphatic carbocycles. The van der Waals surface area contributed by atoms with Gasteiger partial charge in [-0.3, -0.25) is 19.5 Å². The molecule has 3 aromatic rings. The molecule has 0 bridgehead atoms. The summed E-state index contributed by atoms with van der Waals surface area (Å²) in [6, 6.07) is 7.93. The molecular formula is C25H20F2N2O4. The second-order valence-electron chi connectivity index (χ2n) is 7.69. The van der Waals surface area contributed by atoms with E-state index in [9.17, 15) is 23.5 Å². The molecule has 8 heteroatoms. The summed E-state index contributed by atoms with van der Waals surface area (Å²) < 4.78 is 34.0. The molecule has 0 saturated carbocycles. The van der Waals surface area contributed by atoms with Crippen LogP contribution in [-0.2, 0) is 9.59 Å². The zero-order valence-corrected chi connectivity index (χ0v) is 18.1. The van der Waals surface area contributed by atoms with Crippen LogP contribution < -0.4 is 9.64 Å². The Kier molecular flexibility index (Phi) is 5.68. The molecule has 4 rings (SSSR count). The van der Waals surface area contributed by atoms with Crippen LogP contribution in [0.25, 0.3) is 5.76 Å². The Balaban J connectivity index is 1.99. The predicted molar refractivity (Wildman–Crippen MR) is 118 cm³/mol. The summed E-state index contributed by atoms with van der Waals surface area (Å²) in [4.78, 5) is 31.1. The Morgan fingerprint density at radius 3 is 2.52 bits per heavy atom. The molecule has 168 valence electrons. The van der Waals surface area contributed by atoms with Crippen LogP contribution in [0.5, 0.6) is 5.75 Å². The fourth-order valence-electron chi connectivity index (χ4n) is 4.01. The number of rotatable bonds is 4. The highest BCUT2D eigenvalue weighted by Crippen LogP contribution is 2.43.